The molecular weight excluding hydrogens is 186 g/mol. The van der Waals surface area contributed by atoms with Gasteiger partial charge in [0.1, 0.15) is 0 Å². The normalized spacial score (nSPS) is 12.1. The first-order valence-corrected chi connectivity index (χ1v) is 3.98. The minimum atomic E-state index is -1.32. The predicted octanol–water partition coefficient (Wildman–Crippen LogP) is 0.448. The number of nitro benzene ring substituents is 1. The third-order valence-corrected chi connectivity index (χ3v) is 1.95. The van der Waals surface area contributed by atoms with Gasteiger partial charge in [0.05, 0.1) is 4.92 Å². The summed E-state index contributed by atoms with van der Waals surface area (Å²) in [5.41, 5.74) is -0.0262. The van der Waals surface area contributed by atoms with E-state index in [0.717, 1.165) is 0 Å². The molecule has 0 aliphatic heterocycles. The van der Waals surface area contributed by atoms with Crippen LogP contribution in [0.5, 0.6) is 0 Å². The molecule has 0 saturated heterocycles. The molecule has 0 aliphatic carbocycles. The summed E-state index contributed by atoms with van der Waals surface area (Å²) >= 11 is 0. The number of carboxylic acid groups (broad SMARTS) is 1. The largest absolute Gasteiger partial charge is 0.550 e. The Bertz CT molecular complexity index is 375. The number of carbonyl (C=O) groups excluding carboxylic acids is 1. The van der Waals surface area contributed by atoms with Crippen LogP contribution in [0.1, 0.15) is 18.4 Å². The summed E-state index contributed by atoms with van der Waals surface area (Å²) in [6.07, 6.45) is 0. The van der Waals surface area contributed by atoms with Crippen LogP contribution in [0.3, 0.4) is 0 Å². The smallest absolute Gasteiger partial charge is 0.273 e. The summed E-state index contributed by atoms with van der Waals surface area (Å²) in [6.45, 7) is 1.36. The standard InChI is InChI=1S/C9H9NO4/c1-6(9(11)12)7-4-2-3-5-8(7)10(13)14/h2-6H,1H3,(H,11,12)/p-1. The molecule has 0 bridgehead atoms. The Morgan fingerprint density at radius 1 is 1.43 bits per heavy atom. The Labute approximate surface area is 80.1 Å². The summed E-state index contributed by atoms with van der Waals surface area (Å²) < 4.78 is 0. The van der Waals surface area contributed by atoms with Gasteiger partial charge in [-0.1, -0.05) is 25.1 Å². The van der Waals surface area contributed by atoms with Crippen LogP contribution in [0, 0.1) is 10.1 Å². The third kappa shape index (κ3) is 1.87. The van der Waals surface area contributed by atoms with Gasteiger partial charge in [0, 0.05) is 23.5 Å². The Morgan fingerprint density at radius 2 is 2.00 bits per heavy atom. The number of carbonyl (C=O) groups is 1. The van der Waals surface area contributed by atoms with Crippen molar-refractivity contribution in [3.63, 3.8) is 0 Å². The molecule has 0 amide bonds. The van der Waals surface area contributed by atoms with Gasteiger partial charge in [-0.3, -0.25) is 10.1 Å². The summed E-state index contributed by atoms with van der Waals surface area (Å²) in [6, 6.07) is 5.73. The first-order valence-electron chi connectivity index (χ1n) is 3.98. The summed E-state index contributed by atoms with van der Waals surface area (Å²) in [5, 5.41) is 21.1. The first kappa shape index (κ1) is 10.2. The van der Waals surface area contributed by atoms with Crippen molar-refractivity contribution in [3.05, 3.63) is 39.9 Å². The van der Waals surface area contributed by atoms with E-state index in [9.17, 15) is 20.0 Å². The molecule has 0 heterocycles. The van der Waals surface area contributed by atoms with Crippen molar-refractivity contribution in [2.75, 3.05) is 0 Å². The van der Waals surface area contributed by atoms with E-state index in [1.165, 1.54) is 25.1 Å². The van der Waals surface area contributed by atoms with Crippen LogP contribution in [0.25, 0.3) is 0 Å². The van der Waals surface area contributed by atoms with Crippen molar-refractivity contribution in [2.24, 2.45) is 0 Å². The maximum absolute atomic E-state index is 10.5. The van der Waals surface area contributed by atoms with Crippen molar-refractivity contribution >= 4 is 11.7 Å². The Hall–Kier alpha value is -1.91. The highest BCUT2D eigenvalue weighted by molar-refractivity contribution is 5.75. The van der Waals surface area contributed by atoms with Crippen LogP contribution in [0.4, 0.5) is 5.69 Å². The van der Waals surface area contributed by atoms with E-state index < -0.39 is 16.8 Å². The highest BCUT2D eigenvalue weighted by Crippen LogP contribution is 2.25. The monoisotopic (exact) mass is 194 g/mol. The van der Waals surface area contributed by atoms with E-state index in [4.69, 9.17) is 0 Å². The third-order valence-electron chi connectivity index (χ3n) is 1.95. The number of hydrogen-bond acceptors (Lipinski definition) is 4. The molecule has 0 spiro atoms. The lowest BCUT2D eigenvalue weighted by Gasteiger charge is -2.12. The van der Waals surface area contributed by atoms with E-state index in [0.29, 0.717) is 0 Å². The second kappa shape index (κ2) is 3.87. The van der Waals surface area contributed by atoms with Gasteiger partial charge in [-0.15, -0.1) is 0 Å². The quantitative estimate of drug-likeness (QED) is 0.516. The van der Waals surface area contributed by atoms with Crippen LogP contribution < -0.4 is 5.11 Å². The number of carboxylic acids is 1. The molecule has 5 heteroatoms. The number of nitro groups is 1. The topological polar surface area (TPSA) is 83.3 Å². The lowest BCUT2D eigenvalue weighted by molar-refractivity contribution is -0.386. The van der Waals surface area contributed by atoms with Gasteiger partial charge in [-0.25, -0.2) is 0 Å². The molecule has 1 aromatic rings. The van der Waals surface area contributed by atoms with Gasteiger partial charge in [-0.05, 0) is 0 Å². The molecule has 0 aliphatic rings. The van der Waals surface area contributed by atoms with Crippen molar-refractivity contribution in [1.29, 1.82) is 0 Å². The van der Waals surface area contributed by atoms with E-state index in [1.54, 1.807) is 6.07 Å². The van der Waals surface area contributed by atoms with Crippen molar-refractivity contribution in [2.45, 2.75) is 12.8 Å². The van der Waals surface area contributed by atoms with Crippen LogP contribution in [-0.2, 0) is 4.79 Å². The predicted molar refractivity (Wildman–Crippen MR) is 46.5 cm³/mol. The number of aliphatic carboxylic acids is 1. The van der Waals surface area contributed by atoms with E-state index in [1.807, 2.05) is 0 Å². The zero-order valence-corrected chi connectivity index (χ0v) is 7.47. The van der Waals surface area contributed by atoms with E-state index in [-0.39, 0.29) is 11.3 Å². The fraction of sp³-hybridized carbons (Fsp3) is 0.222. The van der Waals surface area contributed by atoms with Crippen LogP contribution >= 0.6 is 0 Å². The Morgan fingerprint density at radius 3 is 2.50 bits per heavy atom. The average Bonchev–Trinajstić information content (AvgIpc) is 2.16. The molecular formula is C9H8NO4-. The molecule has 0 radical (unpaired) electrons. The van der Waals surface area contributed by atoms with E-state index in [2.05, 4.69) is 0 Å². The zero-order chi connectivity index (χ0) is 10.7. The lowest BCUT2D eigenvalue weighted by atomic mass is 10.00. The molecule has 1 unspecified atom stereocenters. The second-order valence-electron chi connectivity index (χ2n) is 2.86. The van der Waals surface area contributed by atoms with Gasteiger partial charge in [0.25, 0.3) is 5.69 Å². The second-order valence-corrected chi connectivity index (χ2v) is 2.86. The van der Waals surface area contributed by atoms with Crippen molar-refractivity contribution in [3.8, 4) is 0 Å². The molecule has 1 rings (SSSR count). The van der Waals surface area contributed by atoms with Crippen LogP contribution in [-0.4, -0.2) is 10.9 Å². The molecule has 0 N–H and O–H groups in total. The molecule has 0 saturated carbocycles. The van der Waals surface area contributed by atoms with Gasteiger partial charge in [0.2, 0.25) is 0 Å². The minimum absolute atomic E-state index is 0.164. The first-order chi connectivity index (χ1) is 6.54. The van der Waals surface area contributed by atoms with Gasteiger partial charge in [0.15, 0.2) is 0 Å². The number of rotatable bonds is 3. The maximum Gasteiger partial charge on any atom is 0.273 e. The Kier molecular flexibility index (Phi) is 2.81. The Balaban J connectivity index is 3.19. The molecule has 0 fully saturated rings. The van der Waals surface area contributed by atoms with E-state index >= 15 is 0 Å². The van der Waals surface area contributed by atoms with Crippen LogP contribution in [0.15, 0.2) is 24.3 Å². The molecule has 1 atom stereocenters. The molecule has 14 heavy (non-hydrogen) atoms. The van der Waals surface area contributed by atoms with Gasteiger partial charge < -0.3 is 9.90 Å². The molecule has 5 nitrogen and oxygen atoms in total. The summed E-state index contributed by atoms with van der Waals surface area (Å²) in [5.74, 6) is -2.30. The SMILES string of the molecule is CC(C(=O)[O-])c1ccccc1[N+](=O)[O-]. The van der Waals surface area contributed by atoms with Crippen LogP contribution in [0.2, 0.25) is 0 Å². The highest BCUT2D eigenvalue weighted by Gasteiger charge is 2.18. The number of nitrogens with zero attached hydrogens (tertiary/aromatic N) is 1. The highest BCUT2D eigenvalue weighted by atomic mass is 16.6. The van der Waals surface area contributed by atoms with Gasteiger partial charge in [-0.2, -0.15) is 0 Å². The molecule has 74 valence electrons. The summed E-state index contributed by atoms with van der Waals surface area (Å²) in [4.78, 5) is 20.5. The number of para-hydroxylation sites is 1. The number of hydrogen-bond donors (Lipinski definition) is 0. The zero-order valence-electron chi connectivity index (χ0n) is 7.47. The molecule has 0 aromatic heterocycles. The van der Waals surface area contributed by atoms with Crippen molar-refractivity contribution in [1.82, 2.24) is 0 Å². The fourth-order valence-corrected chi connectivity index (χ4v) is 1.15. The fourth-order valence-electron chi connectivity index (χ4n) is 1.15. The lowest BCUT2D eigenvalue weighted by Crippen LogP contribution is -2.28. The summed E-state index contributed by atoms with van der Waals surface area (Å²) in [7, 11) is 0. The minimum Gasteiger partial charge on any atom is -0.550 e. The number of benzene rings is 1. The maximum atomic E-state index is 10.5. The van der Waals surface area contributed by atoms with Gasteiger partial charge >= 0.3 is 0 Å². The average molecular weight is 194 g/mol. The molecule has 1 aromatic carbocycles. The van der Waals surface area contributed by atoms with Crippen molar-refractivity contribution < 1.29 is 14.8 Å².